The van der Waals surface area contributed by atoms with Gasteiger partial charge in [-0.2, -0.15) is 0 Å². The maximum absolute atomic E-state index is 12.1. The maximum Gasteiger partial charge on any atom is 0.310 e. The van der Waals surface area contributed by atoms with Gasteiger partial charge in [0, 0.05) is 32.2 Å². The number of rotatable bonds is 10. The van der Waals surface area contributed by atoms with Crippen LogP contribution in [0.2, 0.25) is 0 Å². The Hall–Kier alpha value is -5.77. The van der Waals surface area contributed by atoms with Crippen molar-refractivity contribution in [1.29, 1.82) is 0 Å². The minimum Gasteiger partial charge on any atom is -0.465 e. The summed E-state index contributed by atoms with van der Waals surface area (Å²) in [5.74, 6) is -0.332. The predicted octanol–water partition coefficient (Wildman–Crippen LogP) is 16.6. The van der Waals surface area contributed by atoms with Crippen LogP contribution in [-0.4, -0.2) is 96.0 Å². The Morgan fingerprint density at radius 3 is 1.02 bits per heavy atom. The van der Waals surface area contributed by atoms with Gasteiger partial charge in [-0.25, -0.2) is 0 Å². The zero-order valence-electron chi connectivity index (χ0n) is 59.8. The lowest BCUT2D eigenvalue weighted by atomic mass is 9.79. The van der Waals surface area contributed by atoms with E-state index in [1.165, 1.54) is 38.9 Å². The van der Waals surface area contributed by atoms with Gasteiger partial charge in [0.25, 0.3) is 0 Å². The molecule has 0 spiro atoms. The van der Waals surface area contributed by atoms with Gasteiger partial charge in [-0.1, -0.05) is 229 Å². The summed E-state index contributed by atoms with van der Waals surface area (Å²) < 4.78 is 39.0. The molecule has 0 aromatic heterocycles. The summed E-state index contributed by atoms with van der Waals surface area (Å²) in [6.07, 6.45) is 2.02. The lowest BCUT2D eigenvalue weighted by molar-refractivity contribution is -0.143. The Morgan fingerprint density at radius 1 is 0.424 bits per heavy atom. The number of anilines is 1. The second kappa shape index (κ2) is 39.8. The molecule has 13 heteroatoms. The molecule has 2 amide bonds. The van der Waals surface area contributed by atoms with Crippen molar-refractivity contribution >= 4 is 23.5 Å². The molecule has 92 heavy (non-hydrogen) atoms. The highest BCUT2D eigenvalue weighted by atomic mass is 16.6. The van der Waals surface area contributed by atoms with Crippen LogP contribution in [0.25, 0.3) is 0 Å². The van der Waals surface area contributed by atoms with E-state index < -0.39 is 0 Å². The molecule has 9 rings (SSSR count). The molecule has 514 valence electrons. The average Bonchev–Trinajstić information content (AvgIpc) is 1.87. The van der Waals surface area contributed by atoms with E-state index in [0.29, 0.717) is 105 Å². The largest absolute Gasteiger partial charge is 0.465 e. The molecule has 0 unspecified atom stereocenters. The summed E-state index contributed by atoms with van der Waals surface area (Å²) in [5, 5.41) is 14.3. The normalized spacial score (nSPS) is 14.4. The van der Waals surface area contributed by atoms with Crippen molar-refractivity contribution in [3.05, 3.63) is 170 Å². The van der Waals surface area contributed by atoms with E-state index in [-0.39, 0.29) is 77.3 Å². The third kappa shape index (κ3) is 33.9. The molecule has 0 radical (unpaired) electrons. The molecular weight excluding hydrogens is 1150 g/mol. The van der Waals surface area contributed by atoms with Gasteiger partial charge in [0.05, 0.1) is 92.3 Å². The van der Waals surface area contributed by atoms with Crippen molar-refractivity contribution in [3.63, 3.8) is 0 Å². The summed E-state index contributed by atoms with van der Waals surface area (Å²) in [4.78, 5) is 35.2. The summed E-state index contributed by atoms with van der Waals surface area (Å²) in [6.45, 7) is 49.0. The molecule has 0 aliphatic carbocycles. The zero-order valence-corrected chi connectivity index (χ0v) is 59.8. The van der Waals surface area contributed by atoms with Gasteiger partial charge in [-0.3, -0.25) is 14.4 Å². The van der Waals surface area contributed by atoms with Gasteiger partial charge in [0.15, 0.2) is 0 Å². The number of aliphatic hydroxyl groups is 1. The van der Waals surface area contributed by atoms with Gasteiger partial charge < -0.3 is 48.9 Å². The van der Waals surface area contributed by atoms with E-state index in [1.54, 1.807) is 7.05 Å². The fourth-order valence-corrected chi connectivity index (χ4v) is 9.00. The van der Waals surface area contributed by atoms with Crippen molar-refractivity contribution in [2.24, 2.45) is 0 Å². The number of ether oxygens (including phenoxy) is 7. The number of aliphatic hydroxyl groups excluding tert-OH is 1. The number of nitrogens with one attached hydrogen (secondary N) is 2. The smallest absolute Gasteiger partial charge is 0.310 e. The van der Waals surface area contributed by atoms with E-state index in [4.69, 9.17) is 38.3 Å². The Bertz CT molecular complexity index is 2710. The van der Waals surface area contributed by atoms with Crippen molar-refractivity contribution in [3.8, 4) is 0 Å². The number of hydrogen-bond acceptors (Lipinski definition) is 11. The highest BCUT2D eigenvalue weighted by Gasteiger charge is 2.24. The van der Waals surface area contributed by atoms with E-state index in [2.05, 4.69) is 233 Å². The van der Waals surface area contributed by atoms with Crippen LogP contribution in [0.15, 0.2) is 103 Å². The SMILES string of the molecule is C.CC(C)(C)c1cc(NC(=O)CCCO)cc(C(C)(C)C)c1.CNC(=O)CCCOC(=O)Cc1cc(C(C)(C)C)cc(C(C)(C)C)c1.Cc1cc(C(C)(C)C)cc(C(C)(C)C)c1.c1cc2ccc1COCCOCCOCc1ccc(cc1)COCCOCCOC2. The number of esters is 1. The van der Waals surface area contributed by atoms with E-state index in [1.807, 2.05) is 12.1 Å². The third-order valence-corrected chi connectivity index (χ3v) is 15.1. The van der Waals surface area contributed by atoms with Crippen LogP contribution in [0.3, 0.4) is 0 Å². The molecule has 0 atom stereocenters. The van der Waals surface area contributed by atoms with Gasteiger partial charge in [0.1, 0.15) is 0 Å². The van der Waals surface area contributed by atoms with E-state index in [0.717, 1.165) is 33.5 Å². The molecule has 5 aromatic rings. The lowest BCUT2D eigenvalue weighted by Gasteiger charge is -2.26. The fraction of sp³-hybridized carbons (Fsp3) is 0.582. The molecule has 4 bridgehead atoms. The van der Waals surface area contributed by atoms with Gasteiger partial charge in [0.2, 0.25) is 11.8 Å². The molecule has 4 heterocycles. The molecule has 3 N–H and O–H groups in total. The lowest BCUT2D eigenvalue weighted by Crippen LogP contribution is -2.19. The molecule has 4 aliphatic rings. The summed E-state index contributed by atoms with van der Waals surface area (Å²) in [5.41, 5.74) is 16.1. The molecule has 0 saturated heterocycles. The quantitative estimate of drug-likeness (QED) is 0.0902. The summed E-state index contributed by atoms with van der Waals surface area (Å²) in [6, 6.07) is 36.2. The maximum atomic E-state index is 12.1. The Labute approximate surface area is 557 Å². The monoisotopic (exact) mass is 1270 g/mol. The average molecular weight is 1280 g/mol. The molecule has 0 saturated carbocycles. The first-order chi connectivity index (χ1) is 42.5. The van der Waals surface area contributed by atoms with Crippen LogP contribution in [0.5, 0.6) is 0 Å². The molecular formula is C79H122N2O11. The minimum absolute atomic E-state index is 0. The van der Waals surface area contributed by atoms with Gasteiger partial charge in [-0.05, 0) is 126 Å². The molecule has 13 nitrogen and oxygen atoms in total. The third-order valence-electron chi connectivity index (χ3n) is 15.1. The number of amides is 2. The number of benzene rings is 5. The molecule has 0 fully saturated rings. The fourth-order valence-electron chi connectivity index (χ4n) is 9.00. The van der Waals surface area contributed by atoms with Crippen molar-refractivity contribution in [2.45, 2.75) is 230 Å². The number of hydrogen-bond donors (Lipinski definition) is 3. The minimum atomic E-state index is -0.247. The Balaban J connectivity index is 0.000000428. The van der Waals surface area contributed by atoms with Crippen molar-refractivity contribution < 1.29 is 52.6 Å². The standard InChI is InChI=1S/C24H32O6.C21H33NO3.C18H29NO2.C15H24.CH4/c1-2-22-4-3-21(1)17-27-13-9-25-11-15-29-19-23-5-7-24(8-6-23)20-30-16-12-26-10-14-28-18-22;1-20(2,3)16-11-15(12-17(14-16)21(4,5)6)13-19(24)25-10-8-9-18(23)22-7;1-17(2,3)13-10-14(18(4,5)6)12-15(11-13)19-16(21)8-7-9-20;1-11-8-12(14(2,3)4)10-13(9-11)15(5,6)7;/h1-8H,9-20H2;11-12,14H,8-10,13H2,1-7H3,(H,22,23);10-12,20H,7-9H2,1-6H3,(H,19,21);8-10H,1-7H3;1H4. The number of aryl methyl sites for hydroxylation is 1. The number of carbonyl (C=O) groups excluding carboxylic acids is 3. The summed E-state index contributed by atoms with van der Waals surface area (Å²) in [7, 11) is 1.60. The molecule has 5 aromatic carbocycles. The predicted molar refractivity (Wildman–Crippen MR) is 379 cm³/mol. The van der Waals surface area contributed by atoms with Crippen LogP contribution in [-0.2, 0) is 113 Å². The summed E-state index contributed by atoms with van der Waals surface area (Å²) >= 11 is 0. The second-order valence-corrected chi connectivity index (χ2v) is 29.9. The van der Waals surface area contributed by atoms with Gasteiger partial charge >= 0.3 is 5.97 Å². The van der Waals surface area contributed by atoms with Crippen LogP contribution < -0.4 is 10.6 Å². The van der Waals surface area contributed by atoms with E-state index >= 15 is 0 Å². The second-order valence-electron chi connectivity index (χ2n) is 29.9. The Kier molecular flexibility index (Phi) is 35.6. The van der Waals surface area contributed by atoms with Gasteiger partial charge in [-0.15, -0.1) is 0 Å². The van der Waals surface area contributed by atoms with Crippen molar-refractivity contribution in [1.82, 2.24) is 5.32 Å². The number of carbonyl (C=O) groups is 3. The highest BCUT2D eigenvalue weighted by molar-refractivity contribution is 5.91. The first-order valence-corrected chi connectivity index (χ1v) is 32.8. The topological polar surface area (TPSA) is 160 Å². The van der Waals surface area contributed by atoms with Crippen LogP contribution in [0, 0.1) is 6.92 Å². The van der Waals surface area contributed by atoms with Crippen LogP contribution in [0.1, 0.15) is 224 Å². The molecule has 4 aliphatic heterocycles. The van der Waals surface area contributed by atoms with Crippen molar-refractivity contribution in [2.75, 3.05) is 78.4 Å². The van der Waals surface area contributed by atoms with Crippen LogP contribution >= 0.6 is 0 Å². The first kappa shape index (κ1) is 82.3. The Morgan fingerprint density at radius 2 is 0.717 bits per heavy atom. The van der Waals surface area contributed by atoms with Crippen LogP contribution in [0.4, 0.5) is 5.69 Å². The highest BCUT2D eigenvalue weighted by Crippen LogP contribution is 2.34. The zero-order chi connectivity index (χ0) is 68.1. The van der Waals surface area contributed by atoms with E-state index in [9.17, 15) is 14.4 Å². The first-order valence-electron chi connectivity index (χ1n) is 32.8.